The topological polar surface area (TPSA) is 116 Å². The van der Waals surface area contributed by atoms with Crippen LogP contribution in [0.4, 0.5) is 5.69 Å². The van der Waals surface area contributed by atoms with Gasteiger partial charge >= 0.3 is 5.97 Å². The lowest BCUT2D eigenvalue weighted by Crippen LogP contribution is -2.38. The van der Waals surface area contributed by atoms with Crippen LogP contribution in [0.5, 0.6) is 0 Å². The molecule has 0 amide bonds. The van der Waals surface area contributed by atoms with E-state index in [1.807, 2.05) is 12.1 Å². The number of aromatic nitrogens is 1. The fraction of sp³-hybridized carbons (Fsp3) is 0.452. The van der Waals surface area contributed by atoms with Crippen LogP contribution in [0.15, 0.2) is 47.0 Å². The summed E-state index contributed by atoms with van der Waals surface area (Å²) in [5, 5.41) is 5.41. The average Bonchev–Trinajstić information content (AvgIpc) is 3.41. The van der Waals surface area contributed by atoms with Crippen molar-refractivity contribution in [2.75, 3.05) is 29.6 Å². The Labute approximate surface area is 260 Å². The second-order valence-electron chi connectivity index (χ2n) is 11.5. The minimum atomic E-state index is -3.69. The zero-order valence-corrected chi connectivity index (χ0v) is 26.0. The molecule has 0 unspecified atom stereocenters. The molecule has 2 aliphatic carbocycles. The van der Waals surface area contributed by atoms with E-state index in [9.17, 15) is 18.0 Å². The largest absolute Gasteiger partial charge is 0.465 e. The Morgan fingerprint density at radius 2 is 1.79 bits per heavy atom. The Balaban J connectivity index is 1.07. The summed E-state index contributed by atoms with van der Waals surface area (Å²) in [6, 6.07) is 12.8. The number of halogens is 2. The van der Waals surface area contributed by atoms with Crippen molar-refractivity contribution in [2.24, 2.45) is 5.92 Å². The van der Waals surface area contributed by atoms with Crippen LogP contribution in [-0.2, 0) is 30.7 Å². The van der Waals surface area contributed by atoms with Gasteiger partial charge in [-0.05, 0) is 62.1 Å². The van der Waals surface area contributed by atoms with Crippen LogP contribution in [-0.4, -0.2) is 62.1 Å². The SMILES string of the molecule is CC(=O)OCCS(=O)(=O)CC(=O)c1ccc(N2C[C@@H]3C[C@H]2C[C@H]3OCc2c(-c3c(Cl)cccc3Cl)noc2C2CC2)cc1. The van der Waals surface area contributed by atoms with E-state index in [0.29, 0.717) is 51.4 Å². The molecular formula is C31H32Cl2N2O7S. The first kappa shape index (κ1) is 30.1. The average molecular weight is 648 g/mol. The molecule has 3 fully saturated rings. The van der Waals surface area contributed by atoms with Gasteiger partial charge in [0.1, 0.15) is 23.8 Å². The molecule has 1 saturated heterocycles. The summed E-state index contributed by atoms with van der Waals surface area (Å²) in [5.74, 6) is -0.482. The van der Waals surface area contributed by atoms with Crippen LogP contribution in [0.25, 0.3) is 11.3 Å². The fourth-order valence-electron chi connectivity index (χ4n) is 6.17. The molecule has 0 N–H and O–H groups in total. The fourth-order valence-corrected chi connectivity index (χ4v) is 7.80. The number of Topliss-reactive ketones (excluding diaryl/α,β-unsaturated/α-hetero) is 1. The second kappa shape index (κ2) is 12.2. The number of esters is 1. The molecule has 2 bridgehead atoms. The quantitative estimate of drug-likeness (QED) is 0.176. The number of carbonyl (C=O) groups is 2. The van der Waals surface area contributed by atoms with Crippen LogP contribution < -0.4 is 4.90 Å². The molecule has 3 aliphatic rings. The highest BCUT2D eigenvalue weighted by molar-refractivity contribution is 7.92. The lowest BCUT2D eigenvalue weighted by Gasteiger charge is -2.33. The first-order valence-electron chi connectivity index (χ1n) is 14.4. The number of rotatable bonds is 12. The molecule has 2 saturated carbocycles. The van der Waals surface area contributed by atoms with Crippen molar-refractivity contribution in [2.45, 2.75) is 57.3 Å². The summed E-state index contributed by atoms with van der Waals surface area (Å²) in [7, 11) is -3.69. The third kappa shape index (κ3) is 6.62. The van der Waals surface area contributed by atoms with Crippen LogP contribution in [0, 0.1) is 5.92 Å². The number of anilines is 1. The molecule has 12 heteroatoms. The molecule has 3 atom stereocenters. The molecule has 1 aromatic heterocycles. The van der Waals surface area contributed by atoms with Crippen LogP contribution in [0.1, 0.15) is 60.2 Å². The van der Waals surface area contributed by atoms with Crippen LogP contribution in [0.3, 0.4) is 0 Å². The van der Waals surface area contributed by atoms with Gasteiger partial charge in [0.15, 0.2) is 15.6 Å². The summed E-state index contributed by atoms with van der Waals surface area (Å²) in [4.78, 5) is 25.8. The van der Waals surface area contributed by atoms with E-state index < -0.39 is 27.3 Å². The highest BCUT2D eigenvalue weighted by Crippen LogP contribution is 2.47. The first-order chi connectivity index (χ1) is 20.6. The predicted octanol–water partition coefficient (Wildman–Crippen LogP) is 5.87. The van der Waals surface area contributed by atoms with Gasteiger partial charge in [-0.2, -0.15) is 0 Å². The van der Waals surface area contributed by atoms with Gasteiger partial charge < -0.3 is 18.9 Å². The standard InChI is InChI=1S/C31H32Cl2N2O7S/c1-18(36)40-11-12-43(38,39)17-27(37)19-7-9-22(10-8-19)35-15-21-13-23(35)14-28(21)41-16-24-30(34-42-31(24)20-5-6-20)29-25(32)3-2-4-26(29)33/h2-4,7-10,20-21,23,28H,5-6,11-17H2,1H3/t21-,23-,28+/m0/s1. The number of nitrogens with zero attached hydrogens (tertiary/aromatic N) is 2. The monoisotopic (exact) mass is 646 g/mol. The van der Waals surface area contributed by atoms with Crippen LogP contribution >= 0.6 is 23.2 Å². The van der Waals surface area contributed by atoms with Crippen molar-refractivity contribution >= 4 is 50.5 Å². The highest BCUT2D eigenvalue weighted by atomic mass is 35.5. The van der Waals surface area contributed by atoms with E-state index >= 15 is 0 Å². The maximum absolute atomic E-state index is 12.6. The maximum atomic E-state index is 12.6. The summed E-state index contributed by atoms with van der Waals surface area (Å²) in [6.07, 6.45) is 4.11. The normalized spacial score (nSPS) is 21.4. The Bertz CT molecular complexity index is 1620. The minimum Gasteiger partial charge on any atom is -0.465 e. The van der Waals surface area contributed by atoms with Gasteiger partial charge in [-0.15, -0.1) is 0 Å². The Morgan fingerprint density at radius 1 is 1.07 bits per heavy atom. The van der Waals surface area contributed by atoms with Gasteiger partial charge in [-0.3, -0.25) is 9.59 Å². The summed E-state index contributed by atoms with van der Waals surface area (Å²) < 4.78 is 41.5. The number of ketones is 1. The number of sulfone groups is 1. The highest BCUT2D eigenvalue weighted by Gasteiger charge is 2.45. The number of hydrogen-bond acceptors (Lipinski definition) is 9. The van der Waals surface area contributed by atoms with Crippen molar-refractivity contribution in [1.29, 1.82) is 0 Å². The number of piperidine rings is 1. The third-order valence-corrected chi connectivity index (χ3v) is 10.6. The summed E-state index contributed by atoms with van der Waals surface area (Å²) in [6.45, 7) is 2.15. The lowest BCUT2D eigenvalue weighted by atomic mass is 10.0. The summed E-state index contributed by atoms with van der Waals surface area (Å²) in [5.41, 5.74) is 3.56. The second-order valence-corrected chi connectivity index (χ2v) is 14.5. The van der Waals surface area contributed by atoms with Crippen molar-refractivity contribution in [3.05, 3.63) is 69.4 Å². The van der Waals surface area contributed by atoms with E-state index in [4.69, 9.17) is 37.2 Å². The number of fused-ring (bicyclic) bond motifs is 2. The van der Waals surface area contributed by atoms with Gasteiger partial charge in [0.05, 0.1) is 28.5 Å². The van der Waals surface area contributed by atoms with E-state index in [1.165, 1.54) is 6.92 Å². The van der Waals surface area contributed by atoms with Crippen LogP contribution in [0.2, 0.25) is 10.0 Å². The molecule has 0 spiro atoms. The van der Waals surface area contributed by atoms with E-state index in [-0.39, 0.29) is 18.5 Å². The Kier molecular flexibility index (Phi) is 8.56. The summed E-state index contributed by atoms with van der Waals surface area (Å²) >= 11 is 13.0. The number of benzene rings is 2. The minimum absolute atomic E-state index is 0.0933. The lowest BCUT2D eigenvalue weighted by molar-refractivity contribution is -0.140. The molecule has 2 heterocycles. The van der Waals surface area contributed by atoms with E-state index in [0.717, 1.165) is 49.2 Å². The van der Waals surface area contributed by atoms with Gasteiger partial charge in [-0.1, -0.05) is 34.4 Å². The zero-order chi connectivity index (χ0) is 30.3. The van der Waals surface area contributed by atoms with Gasteiger partial charge in [-0.25, -0.2) is 8.42 Å². The molecule has 43 heavy (non-hydrogen) atoms. The van der Waals surface area contributed by atoms with Crippen molar-refractivity contribution in [3.63, 3.8) is 0 Å². The van der Waals surface area contributed by atoms with Gasteiger partial charge in [0, 0.05) is 53.7 Å². The molecule has 228 valence electrons. The smallest absolute Gasteiger partial charge is 0.302 e. The van der Waals surface area contributed by atoms with Crippen molar-refractivity contribution < 1.29 is 32.0 Å². The number of ether oxygens (including phenoxy) is 2. The molecule has 0 radical (unpaired) electrons. The molecule has 6 rings (SSSR count). The number of hydrogen-bond donors (Lipinski definition) is 0. The Hall–Kier alpha value is -2.92. The maximum Gasteiger partial charge on any atom is 0.302 e. The number of carbonyl (C=O) groups excluding carboxylic acids is 2. The first-order valence-corrected chi connectivity index (χ1v) is 17.0. The molecule has 9 nitrogen and oxygen atoms in total. The molecule has 2 aromatic carbocycles. The van der Waals surface area contributed by atoms with E-state index in [1.54, 1.807) is 30.3 Å². The Morgan fingerprint density at radius 3 is 2.42 bits per heavy atom. The zero-order valence-electron chi connectivity index (χ0n) is 23.6. The van der Waals surface area contributed by atoms with E-state index in [2.05, 4.69) is 10.1 Å². The van der Waals surface area contributed by atoms with Crippen molar-refractivity contribution in [3.8, 4) is 11.3 Å². The molecule has 1 aliphatic heterocycles. The van der Waals surface area contributed by atoms with Crippen molar-refractivity contribution in [1.82, 2.24) is 5.16 Å². The third-order valence-electron chi connectivity index (χ3n) is 8.46. The van der Waals surface area contributed by atoms with Gasteiger partial charge in [0.2, 0.25) is 0 Å². The molecular weight excluding hydrogens is 615 g/mol. The molecule has 3 aromatic rings. The van der Waals surface area contributed by atoms with Gasteiger partial charge in [0.25, 0.3) is 0 Å². The predicted molar refractivity (Wildman–Crippen MR) is 162 cm³/mol.